The first-order valence-electron chi connectivity index (χ1n) is 7.56. The molecule has 3 heterocycles. The second-order valence-electron chi connectivity index (χ2n) is 6.57. The SMILES string of the molecule is CC1(C)Cc2c(F)cccc2C(c2cnn3c(F)cc(Br)c3c2)=N1. The van der Waals surface area contributed by atoms with E-state index < -0.39 is 11.5 Å². The molecule has 0 amide bonds. The van der Waals surface area contributed by atoms with Crippen LogP contribution in [0.1, 0.15) is 30.5 Å². The quantitative estimate of drug-likeness (QED) is 0.600. The average molecular weight is 390 g/mol. The molecule has 0 N–H and O–H groups in total. The summed E-state index contributed by atoms with van der Waals surface area (Å²) in [4.78, 5) is 4.80. The number of fused-ring (bicyclic) bond motifs is 2. The number of benzene rings is 1. The minimum atomic E-state index is -0.444. The third-order valence-electron chi connectivity index (χ3n) is 4.20. The summed E-state index contributed by atoms with van der Waals surface area (Å²) in [5, 5.41) is 4.16. The number of aromatic nitrogens is 2. The summed E-state index contributed by atoms with van der Waals surface area (Å²) < 4.78 is 29.9. The molecule has 0 saturated heterocycles. The van der Waals surface area contributed by atoms with Crippen LogP contribution in [0, 0.1) is 11.8 Å². The molecule has 3 nitrogen and oxygen atoms in total. The molecule has 6 heteroatoms. The highest BCUT2D eigenvalue weighted by atomic mass is 79.9. The van der Waals surface area contributed by atoms with Crippen molar-refractivity contribution in [2.75, 3.05) is 0 Å². The molecule has 3 aromatic rings. The molecule has 0 fully saturated rings. The van der Waals surface area contributed by atoms with Gasteiger partial charge in [0.2, 0.25) is 5.95 Å². The summed E-state index contributed by atoms with van der Waals surface area (Å²) in [6, 6.07) is 8.20. The molecular formula is C18H14BrF2N3. The van der Waals surface area contributed by atoms with Crippen molar-refractivity contribution >= 4 is 27.2 Å². The molecule has 0 bridgehead atoms. The maximum atomic E-state index is 14.3. The van der Waals surface area contributed by atoms with Gasteiger partial charge >= 0.3 is 0 Å². The van der Waals surface area contributed by atoms with E-state index in [2.05, 4.69) is 21.0 Å². The predicted molar refractivity (Wildman–Crippen MR) is 92.7 cm³/mol. The molecule has 1 aliphatic rings. The van der Waals surface area contributed by atoms with Crippen LogP contribution in [-0.2, 0) is 6.42 Å². The zero-order valence-electron chi connectivity index (χ0n) is 13.1. The van der Waals surface area contributed by atoms with Gasteiger partial charge < -0.3 is 0 Å². The van der Waals surface area contributed by atoms with E-state index >= 15 is 0 Å². The van der Waals surface area contributed by atoms with Crippen molar-refractivity contribution in [1.82, 2.24) is 9.61 Å². The van der Waals surface area contributed by atoms with E-state index in [0.717, 1.165) is 11.1 Å². The predicted octanol–water partition coefficient (Wildman–Crippen LogP) is 4.55. The van der Waals surface area contributed by atoms with Crippen molar-refractivity contribution < 1.29 is 8.78 Å². The van der Waals surface area contributed by atoms with Crippen molar-refractivity contribution in [2.24, 2.45) is 4.99 Å². The third kappa shape index (κ3) is 2.36. The summed E-state index contributed by atoms with van der Waals surface area (Å²) in [7, 11) is 0. The zero-order chi connectivity index (χ0) is 17.1. The highest BCUT2D eigenvalue weighted by molar-refractivity contribution is 9.10. The maximum Gasteiger partial charge on any atom is 0.215 e. The first-order chi connectivity index (χ1) is 11.4. The molecule has 1 aromatic carbocycles. The molecule has 0 atom stereocenters. The second-order valence-corrected chi connectivity index (χ2v) is 7.43. The van der Waals surface area contributed by atoms with E-state index in [0.29, 0.717) is 27.7 Å². The van der Waals surface area contributed by atoms with E-state index in [1.54, 1.807) is 12.3 Å². The van der Waals surface area contributed by atoms with Crippen LogP contribution in [0.2, 0.25) is 0 Å². The molecule has 0 aliphatic carbocycles. The van der Waals surface area contributed by atoms with Crippen LogP contribution in [0.15, 0.2) is 46.0 Å². The first kappa shape index (κ1) is 15.4. The van der Waals surface area contributed by atoms with Gasteiger partial charge in [-0.3, -0.25) is 4.99 Å². The lowest BCUT2D eigenvalue weighted by Gasteiger charge is -2.29. The summed E-state index contributed by atoms with van der Waals surface area (Å²) in [5.74, 6) is -0.669. The standard InChI is InChI=1S/C18H14BrF2N3/c1-18(2)8-12-11(4-3-5-14(12)20)17(23-18)10-6-15-13(19)7-16(21)24(15)22-9-10/h3-7,9H,8H2,1-2H3. The van der Waals surface area contributed by atoms with Gasteiger partial charge in [-0.05, 0) is 47.5 Å². The summed E-state index contributed by atoms with van der Waals surface area (Å²) in [5.41, 5.74) is 3.04. The van der Waals surface area contributed by atoms with Gasteiger partial charge in [-0.1, -0.05) is 12.1 Å². The highest BCUT2D eigenvalue weighted by Gasteiger charge is 2.29. The van der Waals surface area contributed by atoms with Crippen LogP contribution in [0.25, 0.3) is 5.52 Å². The zero-order valence-corrected chi connectivity index (χ0v) is 14.7. The number of hydrogen-bond acceptors (Lipinski definition) is 2. The van der Waals surface area contributed by atoms with Crippen LogP contribution >= 0.6 is 15.9 Å². The molecule has 0 saturated carbocycles. The average Bonchev–Trinajstić information content (AvgIpc) is 2.81. The molecule has 0 unspecified atom stereocenters. The molecule has 0 radical (unpaired) electrons. The minimum absolute atomic E-state index is 0.225. The van der Waals surface area contributed by atoms with Crippen molar-refractivity contribution in [3.05, 3.63) is 69.5 Å². The Morgan fingerprint density at radius 3 is 2.79 bits per heavy atom. The Bertz CT molecular complexity index is 1000. The Labute approximate surface area is 146 Å². The lowest BCUT2D eigenvalue weighted by atomic mass is 9.85. The van der Waals surface area contributed by atoms with Crippen molar-refractivity contribution in [1.29, 1.82) is 0 Å². The van der Waals surface area contributed by atoms with Crippen LogP contribution in [-0.4, -0.2) is 20.9 Å². The summed E-state index contributed by atoms with van der Waals surface area (Å²) >= 11 is 3.34. The fourth-order valence-corrected chi connectivity index (χ4v) is 3.62. The van der Waals surface area contributed by atoms with Gasteiger partial charge in [0.25, 0.3) is 0 Å². The maximum absolute atomic E-state index is 14.3. The lowest BCUT2D eigenvalue weighted by molar-refractivity contribution is 0.492. The topological polar surface area (TPSA) is 29.7 Å². The lowest BCUT2D eigenvalue weighted by Crippen LogP contribution is -2.30. The fraction of sp³-hybridized carbons (Fsp3) is 0.222. The highest BCUT2D eigenvalue weighted by Crippen LogP contribution is 2.31. The molecule has 0 spiro atoms. The molecule has 1 aliphatic heterocycles. The second kappa shape index (κ2) is 5.21. The fourth-order valence-electron chi connectivity index (χ4n) is 3.15. The van der Waals surface area contributed by atoms with Gasteiger partial charge in [0, 0.05) is 28.1 Å². The van der Waals surface area contributed by atoms with Crippen molar-refractivity contribution in [3.63, 3.8) is 0 Å². The minimum Gasteiger partial charge on any atom is -0.278 e. The van der Waals surface area contributed by atoms with Gasteiger partial charge in [0.1, 0.15) is 5.82 Å². The van der Waals surface area contributed by atoms with E-state index in [1.165, 1.54) is 16.6 Å². The van der Waals surface area contributed by atoms with E-state index in [-0.39, 0.29) is 5.82 Å². The number of rotatable bonds is 1. The van der Waals surface area contributed by atoms with E-state index in [4.69, 9.17) is 4.99 Å². The van der Waals surface area contributed by atoms with Gasteiger partial charge in [-0.15, -0.1) is 0 Å². The van der Waals surface area contributed by atoms with Crippen LogP contribution in [0.4, 0.5) is 8.78 Å². The number of halogens is 3. The van der Waals surface area contributed by atoms with E-state index in [9.17, 15) is 8.78 Å². The van der Waals surface area contributed by atoms with Crippen molar-refractivity contribution in [2.45, 2.75) is 25.8 Å². The normalized spacial score (nSPS) is 16.1. The van der Waals surface area contributed by atoms with Crippen LogP contribution < -0.4 is 0 Å². The van der Waals surface area contributed by atoms with Gasteiger partial charge in [-0.25, -0.2) is 8.91 Å². The van der Waals surface area contributed by atoms with Gasteiger partial charge in [0.05, 0.1) is 23.0 Å². The molecule has 4 rings (SSSR count). The largest absolute Gasteiger partial charge is 0.278 e. The Morgan fingerprint density at radius 1 is 1.21 bits per heavy atom. The Kier molecular flexibility index (Phi) is 3.35. The van der Waals surface area contributed by atoms with Crippen molar-refractivity contribution in [3.8, 4) is 0 Å². The smallest absolute Gasteiger partial charge is 0.215 e. The molecule has 24 heavy (non-hydrogen) atoms. The van der Waals surface area contributed by atoms with Gasteiger partial charge in [-0.2, -0.15) is 9.49 Å². The molecule has 2 aromatic heterocycles. The first-order valence-corrected chi connectivity index (χ1v) is 8.36. The summed E-state index contributed by atoms with van der Waals surface area (Å²) in [6.07, 6.45) is 2.11. The third-order valence-corrected chi connectivity index (χ3v) is 4.83. The Hall–Kier alpha value is -2.08. The Morgan fingerprint density at radius 2 is 2.00 bits per heavy atom. The monoisotopic (exact) mass is 389 g/mol. The Balaban J connectivity index is 1.97. The number of nitrogens with zero attached hydrogens (tertiary/aromatic N) is 3. The molecular weight excluding hydrogens is 376 g/mol. The van der Waals surface area contributed by atoms with E-state index in [1.807, 2.05) is 26.0 Å². The molecule has 122 valence electrons. The van der Waals surface area contributed by atoms with Crippen LogP contribution in [0.5, 0.6) is 0 Å². The van der Waals surface area contributed by atoms with Crippen LogP contribution in [0.3, 0.4) is 0 Å². The van der Waals surface area contributed by atoms with Gasteiger partial charge in [0.15, 0.2) is 0 Å². The summed E-state index contributed by atoms with van der Waals surface area (Å²) in [6.45, 7) is 3.95. The number of hydrogen-bond donors (Lipinski definition) is 0. The number of aliphatic imine (C=N–C) groups is 1.